The van der Waals surface area contributed by atoms with Crippen LogP contribution in [0.4, 0.5) is 10.7 Å². The fraction of sp³-hybridized carbons (Fsp3) is 0.812. The Balaban J connectivity index is 1.49. The van der Waals surface area contributed by atoms with Gasteiger partial charge in [-0.15, -0.1) is 5.10 Å². The van der Waals surface area contributed by atoms with Crippen molar-refractivity contribution in [2.75, 3.05) is 44.2 Å². The number of anilines is 1. The van der Waals surface area contributed by atoms with Crippen molar-refractivity contribution in [3.63, 3.8) is 0 Å². The molecule has 24 heavy (non-hydrogen) atoms. The van der Waals surface area contributed by atoms with Gasteiger partial charge in [-0.2, -0.15) is 4.98 Å². The van der Waals surface area contributed by atoms with Gasteiger partial charge in [-0.25, -0.2) is 4.79 Å². The molecule has 2 aliphatic rings. The zero-order valence-electron chi connectivity index (χ0n) is 14.9. The molecule has 0 unspecified atom stereocenters. The molecule has 3 heterocycles. The van der Waals surface area contributed by atoms with E-state index in [-0.39, 0.29) is 6.09 Å². The molecule has 8 heteroatoms. The SMILES string of the molecule is CC(C)(C)OC(=O)N1CCN(c2n[nH]c(CN3CCCC3)n2)CC1. The number of nitrogens with one attached hydrogen (secondary N) is 1. The lowest BCUT2D eigenvalue weighted by atomic mass is 10.2. The number of aromatic amines is 1. The van der Waals surface area contributed by atoms with Crippen molar-refractivity contribution >= 4 is 12.0 Å². The second-order valence-corrected chi connectivity index (χ2v) is 7.52. The average molecular weight is 336 g/mol. The fourth-order valence-electron chi connectivity index (χ4n) is 3.07. The van der Waals surface area contributed by atoms with Crippen LogP contribution in [-0.2, 0) is 11.3 Å². The van der Waals surface area contributed by atoms with Crippen LogP contribution in [0.3, 0.4) is 0 Å². The molecule has 2 aliphatic heterocycles. The van der Waals surface area contributed by atoms with Crippen molar-refractivity contribution < 1.29 is 9.53 Å². The third-order valence-electron chi connectivity index (χ3n) is 4.31. The van der Waals surface area contributed by atoms with Crippen molar-refractivity contribution in [3.05, 3.63) is 5.82 Å². The number of hydrogen-bond donors (Lipinski definition) is 1. The topological polar surface area (TPSA) is 77.6 Å². The Kier molecular flexibility index (Phi) is 4.93. The highest BCUT2D eigenvalue weighted by Crippen LogP contribution is 2.16. The van der Waals surface area contributed by atoms with Gasteiger partial charge in [0.25, 0.3) is 0 Å². The number of H-pyrrole nitrogens is 1. The van der Waals surface area contributed by atoms with E-state index in [1.807, 2.05) is 20.8 Å². The normalized spacial score (nSPS) is 19.8. The lowest BCUT2D eigenvalue weighted by Gasteiger charge is -2.35. The molecule has 0 spiro atoms. The van der Waals surface area contributed by atoms with Gasteiger partial charge < -0.3 is 14.5 Å². The highest BCUT2D eigenvalue weighted by atomic mass is 16.6. The molecule has 0 aliphatic carbocycles. The van der Waals surface area contributed by atoms with E-state index >= 15 is 0 Å². The highest BCUT2D eigenvalue weighted by Gasteiger charge is 2.27. The number of piperazine rings is 1. The number of rotatable bonds is 3. The first-order valence-corrected chi connectivity index (χ1v) is 8.77. The van der Waals surface area contributed by atoms with Crippen LogP contribution >= 0.6 is 0 Å². The summed E-state index contributed by atoms with van der Waals surface area (Å²) in [7, 11) is 0. The largest absolute Gasteiger partial charge is 0.444 e. The minimum Gasteiger partial charge on any atom is -0.444 e. The summed E-state index contributed by atoms with van der Waals surface area (Å²) in [6.45, 7) is 11.5. The van der Waals surface area contributed by atoms with Crippen LogP contribution < -0.4 is 4.90 Å². The maximum absolute atomic E-state index is 12.1. The molecule has 2 fully saturated rings. The summed E-state index contributed by atoms with van der Waals surface area (Å²) in [6.07, 6.45) is 2.30. The Bertz CT molecular complexity index is 553. The van der Waals surface area contributed by atoms with Gasteiger partial charge in [-0.3, -0.25) is 10.00 Å². The molecule has 0 saturated carbocycles. The first-order valence-electron chi connectivity index (χ1n) is 8.77. The molecule has 134 valence electrons. The van der Waals surface area contributed by atoms with Gasteiger partial charge in [0.2, 0.25) is 5.95 Å². The maximum Gasteiger partial charge on any atom is 0.410 e. The molecule has 3 rings (SSSR count). The van der Waals surface area contributed by atoms with Gasteiger partial charge >= 0.3 is 6.09 Å². The molecule has 1 aromatic rings. The van der Waals surface area contributed by atoms with Gasteiger partial charge in [-0.05, 0) is 46.7 Å². The number of likely N-dealkylation sites (tertiary alicyclic amines) is 1. The van der Waals surface area contributed by atoms with Crippen molar-refractivity contribution in [2.45, 2.75) is 45.8 Å². The zero-order chi connectivity index (χ0) is 17.2. The van der Waals surface area contributed by atoms with Gasteiger partial charge in [0.15, 0.2) is 0 Å². The maximum atomic E-state index is 12.1. The van der Waals surface area contributed by atoms with Crippen molar-refractivity contribution in [1.29, 1.82) is 0 Å². The lowest BCUT2D eigenvalue weighted by molar-refractivity contribution is 0.0240. The lowest BCUT2D eigenvalue weighted by Crippen LogP contribution is -2.50. The van der Waals surface area contributed by atoms with Crippen LogP contribution in [0.25, 0.3) is 0 Å². The third-order valence-corrected chi connectivity index (χ3v) is 4.31. The highest BCUT2D eigenvalue weighted by molar-refractivity contribution is 5.68. The summed E-state index contributed by atoms with van der Waals surface area (Å²) in [4.78, 5) is 23.0. The summed E-state index contributed by atoms with van der Waals surface area (Å²) >= 11 is 0. The van der Waals surface area contributed by atoms with Crippen LogP contribution in [0.1, 0.15) is 39.4 Å². The molecule has 2 saturated heterocycles. The van der Waals surface area contributed by atoms with E-state index in [1.54, 1.807) is 4.90 Å². The summed E-state index contributed by atoms with van der Waals surface area (Å²) in [5, 5.41) is 7.38. The van der Waals surface area contributed by atoms with Gasteiger partial charge in [-0.1, -0.05) is 0 Å². The Hall–Kier alpha value is -1.83. The first-order chi connectivity index (χ1) is 11.4. The number of amides is 1. The second-order valence-electron chi connectivity index (χ2n) is 7.52. The third kappa shape index (κ3) is 4.37. The van der Waals surface area contributed by atoms with Crippen molar-refractivity contribution in [2.24, 2.45) is 0 Å². The summed E-state index contributed by atoms with van der Waals surface area (Å²) in [6, 6.07) is 0. The molecule has 8 nitrogen and oxygen atoms in total. The van der Waals surface area contributed by atoms with Gasteiger partial charge in [0.05, 0.1) is 6.54 Å². The van der Waals surface area contributed by atoms with Crippen LogP contribution in [0.15, 0.2) is 0 Å². The molecule has 1 aromatic heterocycles. The first kappa shape index (κ1) is 17.0. The zero-order valence-corrected chi connectivity index (χ0v) is 14.9. The van der Waals surface area contributed by atoms with Crippen LogP contribution in [-0.4, -0.2) is 75.9 Å². The summed E-state index contributed by atoms with van der Waals surface area (Å²) < 4.78 is 5.42. The van der Waals surface area contributed by atoms with Gasteiger partial charge in [0, 0.05) is 26.2 Å². The Labute approximate surface area is 143 Å². The average Bonchev–Trinajstić information content (AvgIpc) is 3.18. The second kappa shape index (κ2) is 6.96. The van der Waals surface area contributed by atoms with Crippen LogP contribution in [0, 0.1) is 0 Å². The summed E-state index contributed by atoms with van der Waals surface area (Å²) in [5.74, 6) is 1.65. The Morgan fingerprint density at radius 1 is 1.12 bits per heavy atom. The van der Waals surface area contributed by atoms with E-state index < -0.39 is 5.60 Å². The standard InChI is InChI=1S/C16H28N6O2/c1-16(2,3)24-15(23)22-10-8-21(9-11-22)14-17-13(18-19-14)12-20-6-4-5-7-20/h4-12H2,1-3H3,(H,17,18,19). The molecular weight excluding hydrogens is 308 g/mol. The smallest absolute Gasteiger partial charge is 0.410 e. The Morgan fingerprint density at radius 2 is 1.79 bits per heavy atom. The predicted molar refractivity (Wildman–Crippen MR) is 90.9 cm³/mol. The van der Waals surface area contributed by atoms with E-state index in [0.29, 0.717) is 13.1 Å². The number of carbonyl (C=O) groups is 1. The van der Waals surface area contributed by atoms with Crippen molar-refractivity contribution in [3.8, 4) is 0 Å². The number of aromatic nitrogens is 3. The molecule has 0 atom stereocenters. The van der Waals surface area contributed by atoms with E-state index in [9.17, 15) is 4.79 Å². The summed E-state index contributed by atoms with van der Waals surface area (Å²) in [5.41, 5.74) is -0.456. The fourth-order valence-corrected chi connectivity index (χ4v) is 3.07. The monoisotopic (exact) mass is 336 g/mol. The van der Waals surface area contributed by atoms with E-state index in [1.165, 1.54) is 12.8 Å². The van der Waals surface area contributed by atoms with Crippen LogP contribution in [0.2, 0.25) is 0 Å². The number of hydrogen-bond acceptors (Lipinski definition) is 6. The number of nitrogens with zero attached hydrogens (tertiary/aromatic N) is 5. The minimum atomic E-state index is -0.456. The van der Waals surface area contributed by atoms with E-state index in [0.717, 1.165) is 44.5 Å². The quantitative estimate of drug-likeness (QED) is 0.900. The predicted octanol–water partition coefficient (Wildman–Crippen LogP) is 1.46. The molecule has 1 amide bonds. The molecular formula is C16H28N6O2. The number of ether oxygens (including phenoxy) is 1. The number of carbonyl (C=O) groups excluding carboxylic acids is 1. The van der Waals surface area contributed by atoms with Crippen molar-refractivity contribution in [1.82, 2.24) is 25.0 Å². The minimum absolute atomic E-state index is 0.244. The van der Waals surface area contributed by atoms with Crippen LogP contribution in [0.5, 0.6) is 0 Å². The molecule has 1 N–H and O–H groups in total. The van der Waals surface area contributed by atoms with E-state index in [2.05, 4.69) is 25.0 Å². The van der Waals surface area contributed by atoms with Gasteiger partial charge in [0.1, 0.15) is 11.4 Å². The molecule has 0 aromatic carbocycles. The molecule has 0 bridgehead atoms. The van der Waals surface area contributed by atoms with E-state index in [4.69, 9.17) is 4.74 Å². The Morgan fingerprint density at radius 3 is 2.42 bits per heavy atom. The molecule has 0 radical (unpaired) electrons.